The van der Waals surface area contributed by atoms with E-state index in [1.165, 1.54) is 18.3 Å². The van der Waals surface area contributed by atoms with Crippen LogP contribution in [0.2, 0.25) is 0 Å². The standard InChI is InChI=1S/C21H17F2N3O/c1-11-12(5-6-15(22)21(11)23)13-3-2-4-14(13)17-9-19(27)20-16(26-17)7-8-25-18(20)10-24/h5-9,13-14H,2-4H2,1H3,(H,26,27)/t13?,14-/m1/s1. The molecule has 4 rings (SSSR count). The van der Waals surface area contributed by atoms with E-state index in [1.54, 1.807) is 19.1 Å². The zero-order valence-corrected chi connectivity index (χ0v) is 14.7. The number of fused-ring (bicyclic) bond motifs is 1. The lowest BCUT2D eigenvalue weighted by Gasteiger charge is -2.22. The smallest absolute Gasteiger partial charge is 0.192 e. The van der Waals surface area contributed by atoms with E-state index < -0.39 is 11.6 Å². The number of halogens is 2. The van der Waals surface area contributed by atoms with Gasteiger partial charge >= 0.3 is 0 Å². The molecule has 0 saturated heterocycles. The Balaban J connectivity index is 1.83. The average molecular weight is 365 g/mol. The van der Waals surface area contributed by atoms with Crippen LogP contribution in [0.4, 0.5) is 8.78 Å². The van der Waals surface area contributed by atoms with Gasteiger partial charge in [-0.05, 0) is 48.9 Å². The molecule has 0 amide bonds. The zero-order chi connectivity index (χ0) is 19.1. The highest BCUT2D eigenvalue weighted by Gasteiger charge is 2.32. The first kappa shape index (κ1) is 17.3. The van der Waals surface area contributed by atoms with Crippen LogP contribution < -0.4 is 5.43 Å². The van der Waals surface area contributed by atoms with Crippen molar-refractivity contribution in [3.8, 4) is 6.07 Å². The van der Waals surface area contributed by atoms with Crippen LogP contribution >= 0.6 is 0 Å². The molecule has 1 aliphatic carbocycles. The maximum absolute atomic E-state index is 14.1. The van der Waals surface area contributed by atoms with Crippen molar-refractivity contribution in [2.75, 3.05) is 0 Å². The second kappa shape index (κ2) is 6.58. The summed E-state index contributed by atoms with van der Waals surface area (Å²) in [5, 5.41) is 9.46. The van der Waals surface area contributed by atoms with E-state index in [0.717, 1.165) is 30.5 Å². The Kier molecular flexibility index (Phi) is 4.23. The molecule has 0 spiro atoms. The van der Waals surface area contributed by atoms with Crippen LogP contribution in [-0.4, -0.2) is 9.97 Å². The zero-order valence-electron chi connectivity index (χ0n) is 14.7. The molecule has 1 saturated carbocycles. The van der Waals surface area contributed by atoms with Crippen LogP contribution in [0.15, 0.2) is 35.3 Å². The van der Waals surface area contributed by atoms with Crippen molar-refractivity contribution in [1.82, 2.24) is 9.97 Å². The molecule has 2 atom stereocenters. The summed E-state index contributed by atoms with van der Waals surface area (Å²) in [5.74, 6) is -1.65. The summed E-state index contributed by atoms with van der Waals surface area (Å²) in [6.45, 7) is 1.59. The minimum atomic E-state index is -0.846. The Labute approximate surface area is 154 Å². The predicted molar refractivity (Wildman–Crippen MR) is 97.5 cm³/mol. The third-order valence-corrected chi connectivity index (χ3v) is 5.56. The van der Waals surface area contributed by atoms with Crippen LogP contribution in [0.1, 0.15) is 53.6 Å². The molecule has 6 heteroatoms. The maximum Gasteiger partial charge on any atom is 0.192 e. The fraction of sp³-hybridized carbons (Fsp3) is 0.286. The van der Waals surface area contributed by atoms with Gasteiger partial charge in [0.1, 0.15) is 6.07 Å². The third kappa shape index (κ3) is 2.80. The van der Waals surface area contributed by atoms with Crippen LogP contribution in [0.25, 0.3) is 10.9 Å². The fourth-order valence-electron chi connectivity index (χ4n) is 4.28. The molecule has 2 aromatic heterocycles. The van der Waals surface area contributed by atoms with E-state index in [-0.39, 0.29) is 28.3 Å². The summed E-state index contributed by atoms with van der Waals surface area (Å²) in [7, 11) is 0. The van der Waals surface area contributed by atoms with E-state index in [0.29, 0.717) is 11.1 Å². The molecule has 27 heavy (non-hydrogen) atoms. The number of aromatic nitrogens is 2. The van der Waals surface area contributed by atoms with Gasteiger partial charge in [0.2, 0.25) is 0 Å². The van der Waals surface area contributed by atoms with Crippen molar-refractivity contribution < 1.29 is 8.78 Å². The first-order valence-corrected chi connectivity index (χ1v) is 8.87. The summed E-state index contributed by atoms with van der Waals surface area (Å²) in [4.78, 5) is 19.8. The van der Waals surface area contributed by atoms with Crippen molar-refractivity contribution in [2.24, 2.45) is 0 Å². The summed E-state index contributed by atoms with van der Waals surface area (Å²) >= 11 is 0. The lowest BCUT2D eigenvalue weighted by atomic mass is 9.84. The number of hydrogen-bond acceptors (Lipinski definition) is 3. The van der Waals surface area contributed by atoms with Crippen LogP contribution in [0, 0.1) is 29.9 Å². The predicted octanol–water partition coefficient (Wildman–Crippen LogP) is 4.43. The minimum Gasteiger partial charge on any atom is -0.358 e. The monoisotopic (exact) mass is 365 g/mol. The highest BCUT2D eigenvalue weighted by molar-refractivity contribution is 5.82. The third-order valence-electron chi connectivity index (χ3n) is 5.56. The van der Waals surface area contributed by atoms with Gasteiger partial charge in [-0.1, -0.05) is 12.5 Å². The number of nitriles is 1. The van der Waals surface area contributed by atoms with Gasteiger partial charge in [0.15, 0.2) is 22.8 Å². The molecular formula is C21H17F2N3O. The van der Waals surface area contributed by atoms with Crippen molar-refractivity contribution in [3.63, 3.8) is 0 Å². The lowest BCUT2D eigenvalue weighted by molar-refractivity contribution is 0.496. The first-order valence-electron chi connectivity index (χ1n) is 8.87. The quantitative estimate of drug-likeness (QED) is 0.730. The highest BCUT2D eigenvalue weighted by Crippen LogP contribution is 2.46. The molecule has 136 valence electrons. The van der Waals surface area contributed by atoms with E-state index in [9.17, 15) is 18.8 Å². The fourth-order valence-corrected chi connectivity index (χ4v) is 4.28. The Bertz CT molecular complexity index is 1150. The van der Waals surface area contributed by atoms with Gasteiger partial charge in [-0.3, -0.25) is 4.79 Å². The maximum atomic E-state index is 14.1. The number of hydrogen-bond donors (Lipinski definition) is 1. The number of aromatic amines is 1. The van der Waals surface area contributed by atoms with Gasteiger partial charge < -0.3 is 4.98 Å². The number of nitrogens with one attached hydrogen (secondary N) is 1. The van der Waals surface area contributed by atoms with Crippen molar-refractivity contribution in [1.29, 1.82) is 5.26 Å². The van der Waals surface area contributed by atoms with Gasteiger partial charge in [0.05, 0.1) is 10.9 Å². The topological polar surface area (TPSA) is 69.5 Å². The molecule has 3 aromatic rings. The van der Waals surface area contributed by atoms with Crippen LogP contribution in [-0.2, 0) is 0 Å². The summed E-state index contributed by atoms with van der Waals surface area (Å²) in [6, 6.07) is 7.95. The van der Waals surface area contributed by atoms with Crippen LogP contribution in [0.3, 0.4) is 0 Å². The number of rotatable bonds is 2. The minimum absolute atomic E-state index is 0.00404. The van der Waals surface area contributed by atoms with Crippen molar-refractivity contribution in [3.05, 3.63) is 74.8 Å². The van der Waals surface area contributed by atoms with E-state index in [1.807, 2.05) is 6.07 Å². The highest BCUT2D eigenvalue weighted by atomic mass is 19.2. The number of benzene rings is 1. The van der Waals surface area contributed by atoms with Crippen molar-refractivity contribution in [2.45, 2.75) is 38.0 Å². The SMILES string of the molecule is Cc1c(C2CCC[C@H]2c2cc(=O)c3c(C#N)nccc3[nH]2)ccc(F)c1F. The molecule has 0 aliphatic heterocycles. The second-order valence-corrected chi connectivity index (χ2v) is 7.00. The van der Waals surface area contributed by atoms with Crippen molar-refractivity contribution >= 4 is 10.9 Å². The Hall–Kier alpha value is -3.07. The van der Waals surface area contributed by atoms with Gasteiger partial charge in [-0.25, -0.2) is 13.8 Å². The first-order chi connectivity index (χ1) is 13.0. The van der Waals surface area contributed by atoms with Crippen LogP contribution in [0.5, 0.6) is 0 Å². The Morgan fingerprint density at radius 1 is 1.22 bits per heavy atom. The molecule has 0 radical (unpaired) electrons. The van der Waals surface area contributed by atoms with E-state index >= 15 is 0 Å². The van der Waals surface area contributed by atoms with E-state index in [2.05, 4.69) is 9.97 Å². The van der Waals surface area contributed by atoms with Gasteiger partial charge in [0, 0.05) is 23.9 Å². The summed E-state index contributed by atoms with van der Waals surface area (Å²) in [5.41, 5.74) is 2.28. The average Bonchev–Trinajstić information content (AvgIpc) is 3.15. The van der Waals surface area contributed by atoms with Gasteiger partial charge in [-0.2, -0.15) is 5.26 Å². The molecule has 2 heterocycles. The molecule has 1 fully saturated rings. The molecule has 1 unspecified atom stereocenters. The second-order valence-electron chi connectivity index (χ2n) is 7.00. The number of nitrogens with zero attached hydrogens (tertiary/aromatic N) is 2. The Morgan fingerprint density at radius 2 is 2.00 bits per heavy atom. The molecule has 1 aromatic carbocycles. The van der Waals surface area contributed by atoms with Gasteiger partial charge in [-0.15, -0.1) is 0 Å². The summed E-state index contributed by atoms with van der Waals surface area (Å²) in [6.07, 6.45) is 4.12. The molecule has 1 N–H and O–H groups in total. The number of H-pyrrole nitrogens is 1. The van der Waals surface area contributed by atoms with Gasteiger partial charge in [0.25, 0.3) is 0 Å². The normalized spacial score (nSPS) is 19.3. The molecule has 4 nitrogen and oxygen atoms in total. The molecule has 0 bridgehead atoms. The molecular weight excluding hydrogens is 348 g/mol. The largest absolute Gasteiger partial charge is 0.358 e. The Morgan fingerprint density at radius 3 is 2.78 bits per heavy atom. The molecule has 1 aliphatic rings. The lowest BCUT2D eigenvalue weighted by Crippen LogP contribution is -2.14. The van der Waals surface area contributed by atoms with E-state index in [4.69, 9.17) is 0 Å². The summed E-state index contributed by atoms with van der Waals surface area (Å²) < 4.78 is 27.6. The number of pyridine rings is 2.